The second-order valence-electron chi connectivity index (χ2n) is 3.97. The zero-order chi connectivity index (χ0) is 13.2. The number of carbonyl (C=O) groups is 1. The summed E-state index contributed by atoms with van der Waals surface area (Å²) in [5.41, 5.74) is 0.566. The van der Waals surface area contributed by atoms with Gasteiger partial charge in [0.15, 0.2) is 0 Å². The van der Waals surface area contributed by atoms with E-state index in [0.717, 1.165) is 30.3 Å². The van der Waals surface area contributed by atoms with Gasteiger partial charge >= 0.3 is 0 Å². The van der Waals surface area contributed by atoms with Crippen molar-refractivity contribution in [3.05, 3.63) is 28.5 Å². The van der Waals surface area contributed by atoms with Crippen LogP contribution in [0.4, 0.5) is 0 Å². The molecule has 5 heteroatoms. The fourth-order valence-electron chi connectivity index (χ4n) is 1.36. The molecule has 0 fully saturated rings. The molecule has 0 atom stereocenters. The van der Waals surface area contributed by atoms with Crippen LogP contribution in [0.1, 0.15) is 36.5 Å². The molecule has 0 unspecified atom stereocenters. The molecule has 4 nitrogen and oxygen atoms in total. The molecule has 1 heterocycles. The number of nitrogens with zero attached hydrogens (tertiary/aromatic N) is 1. The lowest BCUT2D eigenvalue weighted by molar-refractivity contribution is 0.0940. The van der Waals surface area contributed by atoms with Crippen LogP contribution in [0.2, 0.25) is 0 Å². The van der Waals surface area contributed by atoms with Crippen molar-refractivity contribution in [2.45, 2.75) is 26.2 Å². The third-order valence-electron chi connectivity index (χ3n) is 2.36. The van der Waals surface area contributed by atoms with Gasteiger partial charge in [-0.1, -0.05) is 13.3 Å². The predicted molar refractivity (Wildman–Crippen MR) is 74.6 cm³/mol. The maximum atomic E-state index is 11.7. The minimum atomic E-state index is -0.0997. The van der Waals surface area contributed by atoms with Gasteiger partial charge in [0.2, 0.25) is 0 Å². The average molecular weight is 315 g/mol. The monoisotopic (exact) mass is 314 g/mol. The molecule has 1 N–H and O–H groups in total. The highest BCUT2D eigenvalue weighted by atomic mass is 79.9. The summed E-state index contributed by atoms with van der Waals surface area (Å²) in [4.78, 5) is 15.7. The Morgan fingerprint density at radius 2 is 2.17 bits per heavy atom. The summed E-state index contributed by atoms with van der Waals surface area (Å²) in [6.45, 7) is 4.25. The number of hydrogen-bond acceptors (Lipinski definition) is 3. The van der Waals surface area contributed by atoms with Crippen LogP contribution in [-0.4, -0.2) is 30.6 Å². The number of unbranched alkanes of at least 4 members (excludes halogenated alkanes) is 1. The third-order valence-corrected chi connectivity index (χ3v) is 2.79. The van der Waals surface area contributed by atoms with Crippen molar-refractivity contribution in [3.63, 3.8) is 0 Å². The van der Waals surface area contributed by atoms with Gasteiger partial charge in [0, 0.05) is 36.6 Å². The summed E-state index contributed by atoms with van der Waals surface area (Å²) in [5, 5.41) is 2.84. The molecule has 100 valence electrons. The molecule has 0 radical (unpaired) electrons. The van der Waals surface area contributed by atoms with E-state index in [1.54, 1.807) is 18.5 Å². The molecular weight excluding hydrogens is 296 g/mol. The van der Waals surface area contributed by atoms with Gasteiger partial charge in [0.05, 0.1) is 5.56 Å². The van der Waals surface area contributed by atoms with Gasteiger partial charge < -0.3 is 10.1 Å². The molecule has 0 saturated heterocycles. The Hall–Kier alpha value is -0.940. The smallest absolute Gasteiger partial charge is 0.252 e. The minimum absolute atomic E-state index is 0.0997. The normalized spacial score (nSPS) is 10.3. The number of amides is 1. The molecule has 1 amide bonds. The first-order valence-corrected chi connectivity index (χ1v) is 7.00. The van der Waals surface area contributed by atoms with Crippen molar-refractivity contribution in [1.29, 1.82) is 0 Å². The molecule has 0 aromatic carbocycles. The number of halogens is 1. The highest BCUT2D eigenvalue weighted by molar-refractivity contribution is 9.10. The number of rotatable bonds is 8. The van der Waals surface area contributed by atoms with E-state index in [0.29, 0.717) is 18.7 Å². The molecule has 0 spiro atoms. The Bertz CT molecular complexity index is 372. The zero-order valence-electron chi connectivity index (χ0n) is 10.6. The molecular formula is C13H19BrN2O2. The summed E-state index contributed by atoms with van der Waals surface area (Å²) < 4.78 is 6.21. The summed E-state index contributed by atoms with van der Waals surface area (Å²) in [6, 6.07) is 1.75. The zero-order valence-corrected chi connectivity index (χ0v) is 12.2. The van der Waals surface area contributed by atoms with Gasteiger partial charge in [-0.3, -0.25) is 9.78 Å². The Labute approximate surface area is 116 Å². The summed E-state index contributed by atoms with van der Waals surface area (Å²) in [6.07, 6.45) is 6.27. The number of carbonyl (C=O) groups excluding carboxylic acids is 1. The van der Waals surface area contributed by atoms with E-state index < -0.39 is 0 Å². The first-order valence-electron chi connectivity index (χ1n) is 6.20. The van der Waals surface area contributed by atoms with E-state index in [2.05, 4.69) is 33.2 Å². The minimum Gasteiger partial charge on any atom is -0.381 e. The van der Waals surface area contributed by atoms with Crippen LogP contribution in [0.25, 0.3) is 0 Å². The average Bonchev–Trinajstić information content (AvgIpc) is 2.37. The van der Waals surface area contributed by atoms with Crippen LogP contribution in [0.15, 0.2) is 22.9 Å². The lowest BCUT2D eigenvalue weighted by Gasteiger charge is -2.06. The summed E-state index contributed by atoms with van der Waals surface area (Å²) in [7, 11) is 0. The van der Waals surface area contributed by atoms with Crippen LogP contribution < -0.4 is 5.32 Å². The molecule has 0 saturated carbocycles. The fourth-order valence-corrected chi connectivity index (χ4v) is 1.73. The van der Waals surface area contributed by atoms with Crippen molar-refractivity contribution in [2.75, 3.05) is 19.8 Å². The Kier molecular flexibility index (Phi) is 7.60. The molecule has 1 aromatic rings. The van der Waals surface area contributed by atoms with E-state index in [-0.39, 0.29) is 5.91 Å². The molecule has 1 aromatic heterocycles. The largest absolute Gasteiger partial charge is 0.381 e. The van der Waals surface area contributed by atoms with Crippen molar-refractivity contribution >= 4 is 21.8 Å². The van der Waals surface area contributed by atoms with Crippen LogP contribution in [0.3, 0.4) is 0 Å². The summed E-state index contributed by atoms with van der Waals surface area (Å²) in [5.74, 6) is -0.0997. The van der Waals surface area contributed by atoms with Gasteiger partial charge in [-0.2, -0.15) is 0 Å². The number of nitrogens with one attached hydrogen (secondary N) is 1. The van der Waals surface area contributed by atoms with E-state index >= 15 is 0 Å². The number of ether oxygens (including phenoxy) is 1. The van der Waals surface area contributed by atoms with Crippen LogP contribution in [-0.2, 0) is 4.74 Å². The maximum Gasteiger partial charge on any atom is 0.252 e. The number of pyridine rings is 1. The first kappa shape index (κ1) is 15.1. The fraction of sp³-hybridized carbons (Fsp3) is 0.538. The van der Waals surface area contributed by atoms with Crippen LogP contribution >= 0.6 is 15.9 Å². The van der Waals surface area contributed by atoms with Crippen molar-refractivity contribution < 1.29 is 9.53 Å². The van der Waals surface area contributed by atoms with E-state index in [1.807, 2.05) is 0 Å². The van der Waals surface area contributed by atoms with Gasteiger partial charge in [-0.15, -0.1) is 0 Å². The Morgan fingerprint density at radius 3 is 2.89 bits per heavy atom. The molecule has 1 rings (SSSR count). The molecule has 0 aliphatic carbocycles. The first-order chi connectivity index (χ1) is 8.74. The summed E-state index contributed by atoms with van der Waals surface area (Å²) >= 11 is 3.29. The van der Waals surface area contributed by atoms with Crippen LogP contribution in [0, 0.1) is 0 Å². The number of aromatic nitrogens is 1. The van der Waals surface area contributed by atoms with Gasteiger partial charge in [-0.05, 0) is 34.8 Å². The highest BCUT2D eigenvalue weighted by Crippen LogP contribution is 2.09. The van der Waals surface area contributed by atoms with Crippen molar-refractivity contribution in [2.24, 2.45) is 0 Å². The number of hydrogen-bond donors (Lipinski definition) is 1. The molecule has 18 heavy (non-hydrogen) atoms. The lowest BCUT2D eigenvalue weighted by atomic mass is 10.2. The van der Waals surface area contributed by atoms with Crippen LogP contribution in [0.5, 0.6) is 0 Å². The molecule has 0 aliphatic heterocycles. The third kappa shape index (κ3) is 6.12. The van der Waals surface area contributed by atoms with Crippen molar-refractivity contribution in [1.82, 2.24) is 10.3 Å². The van der Waals surface area contributed by atoms with Gasteiger partial charge in [0.1, 0.15) is 0 Å². The topological polar surface area (TPSA) is 51.2 Å². The van der Waals surface area contributed by atoms with E-state index in [1.165, 1.54) is 0 Å². The van der Waals surface area contributed by atoms with Crippen molar-refractivity contribution in [3.8, 4) is 0 Å². The second kappa shape index (κ2) is 9.05. The predicted octanol–water partition coefficient (Wildman–Crippen LogP) is 2.78. The van der Waals surface area contributed by atoms with Gasteiger partial charge in [0.25, 0.3) is 5.91 Å². The Balaban J connectivity index is 2.14. The molecule has 0 aliphatic rings. The molecule has 0 bridgehead atoms. The quantitative estimate of drug-likeness (QED) is 0.751. The van der Waals surface area contributed by atoms with E-state index in [4.69, 9.17) is 4.74 Å². The SMILES string of the molecule is CCCCOCCCNC(=O)c1cncc(Br)c1. The van der Waals surface area contributed by atoms with E-state index in [9.17, 15) is 4.79 Å². The Morgan fingerprint density at radius 1 is 1.39 bits per heavy atom. The lowest BCUT2D eigenvalue weighted by Crippen LogP contribution is -2.25. The maximum absolute atomic E-state index is 11.7. The highest BCUT2D eigenvalue weighted by Gasteiger charge is 2.05. The standard InChI is InChI=1S/C13H19BrN2O2/c1-2-3-6-18-7-4-5-16-13(17)11-8-12(14)10-15-9-11/h8-10H,2-7H2,1H3,(H,16,17). The second-order valence-corrected chi connectivity index (χ2v) is 4.88. The van der Waals surface area contributed by atoms with Gasteiger partial charge in [-0.25, -0.2) is 0 Å².